The van der Waals surface area contributed by atoms with Gasteiger partial charge in [-0.1, -0.05) is 30.3 Å². The zero-order valence-electron chi connectivity index (χ0n) is 11.1. The van der Waals surface area contributed by atoms with E-state index in [4.69, 9.17) is 0 Å². The van der Waals surface area contributed by atoms with E-state index in [-0.39, 0.29) is 5.82 Å². The van der Waals surface area contributed by atoms with Gasteiger partial charge in [0.15, 0.2) is 0 Å². The summed E-state index contributed by atoms with van der Waals surface area (Å²) in [7, 11) is 0. The van der Waals surface area contributed by atoms with Crippen molar-refractivity contribution in [3.05, 3.63) is 75.8 Å². The highest BCUT2D eigenvalue weighted by Gasteiger charge is 2.04. The Morgan fingerprint density at radius 2 is 1.81 bits per heavy atom. The minimum absolute atomic E-state index is 0.241. The smallest absolute Gasteiger partial charge is 0.124 e. The molecule has 0 fully saturated rings. The highest BCUT2D eigenvalue weighted by atomic mass is 79.9. The number of anilines is 1. The second kappa shape index (κ2) is 6.41. The molecule has 1 heterocycles. The van der Waals surface area contributed by atoms with Gasteiger partial charge in [0, 0.05) is 26.5 Å². The van der Waals surface area contributed by atoms with Gasteiger partial charge in [0.25, 0.3) is 0 Å². The summed E-state index contributed by atoms with van der Waals surface area (Å²) < 4.78 is 13.8. The lowest BCUT2D eigenvalue weighted by Gasteiger charge is -2.07. The molecule has 0 unspecified atom stereocenters. The summed E-state index contributed by atoms with van der Waals surface area (Å²) in [4.78, 5) is 2.50. The van der Waals surface area contributed by atoms with Crippen molar-refractivity contribution in [3.8, 4) is 10.4 Å². The zero-order valence-corrected chi connectivity index (χ0v) is 13.5. The maximum absolute atomic E-state index is 13.0. The third kappa shape index (κ3) is 3.52. The molecule has 0 bridgehead atoms. The molecule has 3 aromatic rings. The van der Waals surface area contributed by atoms with E-state index in [0.29, 0.717) is 0 Å². The summed E-state index contributed by atoms with van der Waals surface area (Å²) in [5, 5.41) is 3.32. The van der Waals surface area contributed by atoms with E-state index in [1.807, 2.05) is 18.2 Å². The molecule has 3 rings (SSSR count). The van der Waals surface area contributed by atoms with Crippen LogP contribution in [-0.4, -0.2) is 0 Å². The standard InChI is InChI=1S/C17H13BrFNS/c18-15-10-13(19)6-8-16(15)20-11-14-7-9-17(21-14)12-4-2-1-3-5-12/h1-10,20H,11H2. The number of hydrogen-bond acceptors (Lipinski definition) is 2. The Morgan fingerprint density at radius 1 is 1.00 bits per heavy atom. The van der Waals surface area contributed by atoms with Crippen LogP contribution < -0.4 is 5.32 Å². The number of nitrogens with one attached hydrogen (secondary N) is 1. The van der Waals surface area contributed by atoms with Crippen LogP contribution >= 0.6 is 27.3 Å². The largest absolute Gasteiger partial charge is 0.379 e. The van der Waals surface area contributed by atoms with Crippen LogP contribution in [0.4, 0.5) is 10.1 Å². The first-order chi connectivity index (χ1) is 10.2. The third-order valence-electron chi connectivity index (χ3n) is 3.10. The zero-order chi connectivity index (χ0) is 14.7. The van der Waals surface area contributed by atoms with Crippen molar-refractivity contribution in [3.63, 3.8) is 0 Å². The molecule has 1 N–H and O–H groups in total. The van der Waals surface area contributed by atoms with Crippen molar-refractivity contribution in [2.24, 2.45) is 0 Å². The fourth-order valence-electron chi connectivity index (χ4n) is 2.05. The number of hydrogen-bond donors (Lipinski definition) is 1. The van der Waals surface area contributed by atoms with E-state index in [2.05, 4.69) is 45.5 Å². The van der Waals surface area contributed by atoms with E-state index in [1.54, 1.807) is 17.4 Å². The van der Waals surface area contributed by atoms with E-state index < -0.39 is 0 Å². The predicted molar refractivity (Wildman–Crippen MR) is 91.2 cm³/mol. The minimum Gasteiger partial charge on any atom is -0.379 e. The molecule has 106 valence electrons. The van der Waals surface area contributed by atoms with Crippen LogP contribution in [0.5, 0.6) is 0 Å². The Bertz CT molecular complexity index is 740. The summed E-state index contributed by atoms with van der Waals surface area (Å²) >= 11 is 5.13. The molecule has 0 aliphatic carbocycles. The number of thiophene rings is 1. The summed E-state index contributed by atoms with van der Waals surface area (Å²) in [6.07, 6.45) is 0. The lowest BCUT2D eigenvalue weighted by atomic mass is 10.2. The van der Waals surface area contributed by atoms with Crippen LogP contribution in [0.2, 0.25) is 0 Å². The predicted octanol–water partition coefficient (Wildman–Crippen LogP) is 5.93. The molecule has 0 atom stereocenters. The topological polar surface area (TPSA) is 12.0 Å². The first-order valence-corrected chi connectivity index (χ1v) is 8.16. The van der Waals surface area contributed by atoms with Crippen LogP contribution in [-0.2, 0) is 6.54 Å². The molecular formula is C17H13BrFNS. The number of benzene rings is 2. The van der Waals surface area contributed by atoms with Crippen molar-refractivity contribution in [2.45, 2.75) is 6.54 Å². The van der Waals surface area contributed by atoms with Gasteiger partial charge in [-0.15, -0.1) is 11.3 Å². The van der Waals surface area contributed by atoms with E-state index in [0.717, 1.165) is 16.7 Å². The molecule has 21 heavy (non-hydrogen) atoms. The maximum Gasteiger partial charge on any atom is 0.124 e. The average molecular weight is 362 g/mol. The van der Waals surface area contributed by atoms with Gasteiger partial charge < -0.3 is 5.32 Å². The second-order valence-corrected chi connectivity index (χ2v) is 6.63. The van der Waals surface area contributed by atoms with Gasteiger partial charge in [0.05, 0.1) is 0 Å². The van der Waals surface area contributed by atoms with Crippen molar-refractivity contribution < 1.29 is 4.39 Å². The molecule has 0 radical (unpaired) electrons. The molecule has 0 aliphatic rings. The van der Waals surface area contributed by atoms with Gasteiger partial charge in [-0.2, -0.15) is 0 Å². The van der Waals surface area contributed by atoms with Gasteiger partial charge in [0.2, 0.25) is 0 Å². The van der Waals surface area contributed by atoms with E-state index in [9.17, 15) is 4.39 Å². The first-order valence-electron chi connectivity index (χ1n) is 6.55. The van der Waals surface area contributed by atoms with Gasteiger partial charge in [-0.25, -0.2) is 4.39 Å². The van der Waals surface area contributed by atoms with Crippen molar-refractivity contribution in [1.82, 2.24) is 0 Å². The Balaban J connectivity index is 1.70. The highest BCUT2D eigenvalue weighted by molar-refractivity contribution is 9.10. The molecule has 0 aliphatic heterocycles. The number of halogens is 2. The maximum atomic E-state index is 13.0. The molecule has 2 aromatic carbocycles. The second-order valence-electron chi connectivity index (χ2n) is 4.61. The molecule has 1 nitrogen and oxygen atoms in total. The highest BCUT2D eigenvalue weighted by Crippen LogP contribution is 2.29. The Hall–Kier alpha value is -1.65. The van der Waals surface area contributed by atoms with Crippen molar-refractivity contribution >= 4 is 33.0 Å². The molecule has 0 amide bonds. The van der Waals surface area contributed by atoms with Crippen LogP contribution in [0.3, 0.4) is 0 Å². The molecule has 1 aromatic heterocycles. The van der Waals surface area contributed by atoms with E-state index >= 15 is 0 Å². The fourth-order valence-corrected chi connectivity index (χ4v) is 3.49. The Labute approximate surface area is 135 Å². The molecule has 4 heteroatoms. The van der Waals surface area contributed by atoms with Crippen molar-refractivity contribution in [2.75, 3.05) is 5.32 Å². The lowest BCUT2D eigenvalue weighted by molar-refractivity contribution is 0.627. The Kier molecular flexibility index (Phi) is 4.36. The molecule has 0 saturated heterocycles. The van der Waals surface area contributed by atoms with Gasteiger partial charge >= 0.3 is 0 Å². The van der Waals surface area contributed by atoms with Crippen LogP contribution in [0.15, 0.2) is 65.1 Å². The summed E-state index contributed by atoms with van der Waals surface area (Å²) in [5.74, 6) is -0.241. The van der Waals surface area contributed by atoms with Crippen LogP contribution in [0.25, 0.3) is 10.4 Å². The normalized spacial score (nSPS) is 10.6. The number of rotatable bonds is 4. The van der Waals surface area contributed by atoms with Crippen LogP contribution in [0, 0.1) is 5.82 Å². The van der Waals surface area contributed by atoms with E-state index in [1.165, 1.54) is 27.5 Å². The minimum atomic E-state index is -0.241. The SMILES string of the molecule is Fc1ccc(NCc2ccc(-c3ccccc3)s2)c(Br)c1. The summed E-state index contributed by atoms with van der Waals surface area (Å²) in [5.41, 5.74) is 2.13. The Morgan fingerprint density at radius 3 is 2.57 bits per heavy atom. The first kappa shape index (κ1) is 14.3. The average Bonchev–Trinajstić information content (AvgIpc) is 2.96. The van der Waals surface area contributed by atoms with Crippen LogP contribution in [0.1, 0.15) is 4.88 Å². The molecule has 0 saturated carbocycles. The van der Waals surface area contributed by atoms with Crippen molar-refractivity contribution in [1.29, 1.82) is 0 Å². The summed E-state index contributed by atoms with van der Waals surface area (Å²) in [6, 6.07) is 19.2. The lowest BCUT2D eigenvalue weighted by Crippen LogP contribution is -1.98. The third-order valence-corrected chi connectivity index (χ3v) is 4.89. The fraction of sp³-hybridized carbons (Fsp3) is 0.0588. The van der Waals surface area contributed by atoms with Gasteiger partial charge in [-0.05, 0) is 51.8 Å². The quantitative estimate of drug-likeness (QED) is 0.607. The summed E-state index contributed by atoms with van der Waals surface area (Å²) in [6.45, 7) is 0.724. The van der Waals surface area contributed by atoms with Gasteiger partial charge in [-0.3, -0.25) is 0 Å². The molecule has 0 spiro atoms. The van der Waals surface area contributed by atoms with Gasteiger partial charge in [0.1, 0.15) is 5.82 Å². The monoisotopic (exact) mass is 361 g/mol. The molecular weight excluding hydrogens is 349 g/mol.